The fourth-order valence-corrected chi connectivity index (χ4v) is 2.65. The normalized spacial score (nSPS) is 32.7. The second-order valence-corrected chi connectivity index (χ2v) is 4.57. The minimum absolute atomic E-state index is 0.494. The van der Waals surface area contributed by atoms with Crippen molar-refractivity contribution in [1.82, 2.24) is 10.2 Å². The van der Waals surface area contributed by atoms with Crippen LogP contribution in [0.15, 0.2) is 30.3 Å². The maximum Gasteiger partial charge on any atom is 0.151 e. The molecular weight excluding hydrogens is 216 g/mol. The van der Waals surface area contributed by atoms with Gasteiger partial charge in [-0.15, -0.1) is 0 Å². The third-order valence-electron chi connectivity index (χ3n) is 3.54. The highest BCUT2D eigenvalue weighted by atomic mass is 16.3. The molecule has 1 aromatic carbocycles. The van der Waals surface area contributed by atoms with Crippen molar-refractivity contribution in [2.24, 2.45) is 0 Å². The van der Waals surface area contributed by atoms with Crippen molar-refractivity contribution in [3.8, 4) is 0 Å². The standard InChI is InChI=1S/C13H16N2O2/c16-12-8-14-9-15(12)13(17)7-3-5-10-4-1-2-6-11(10)13/h1-6,12,14,16-17H,7-9H2. The summed E-state index contributed by atoms with van der Waals surface area (Å²) in [7, 11) is 0. The molecule has 0 saturated carbocycles. The molecule has 3 rings (SSSR count). The van der Waals surface area contributed by atoms with Crippen LogP contribution in [0.25, 0.3) is 6.08 Å². The van der Waals surface area contributed by atoms with Gasteiger partial charge in [0.05, 0.1) is 6.67 Å². The smallest absolute Gasteiger partial charge is 0.151 e. The highest BCUT2D eigenvalue weighted by Gasteiger charge is 2.43. The molecule has 1 aromatic rings. The van der Waals surface area contributed by atoms with E-state index in [4.69, 9.17) is 0 Å². The maximum absolute atomic E-state index is 10.9. The van der Waals surface area contributed by atoms with Gasteiger partial charge in [-0.1, -0.05) is 36.4 Å². The van der Waals surface area contributed by atoms with Crippen LogP contribution in [0.3, 0.4) is 0 Å². The van der Waals surface area contributed by atoms with E-state index in [0.717, 1.165) is 11.1 Å². The second-order valence-electron chi connectivity index (χ2n) is 4.57. The number of nitrogens with one attached hydrogen (secondary N) is 1. The molecule has 0 radical (unpaired) electrons. The number of benzene rings is 1. The predicted molar refractivity (Wildman–Crippen MR) is 64.7 cm³/mol. The topological polar surface area (TPSA) is 55.7 Å². The molecule has 1 aliphatic heterocycles. The summed E-state index contributed by atoms with van der Waals surface area (Å²) < 4.78 is 0. The first-order valence-electron chi connectivity index (χ1n) is 5.86. The molecule has 2 aliphatic rings. The first-order valence-corrected chi connectivity index (χ1v) is 5.86. The average Bonchev–Trinajstić information content (AvgIpc) is 2.77. The average molecular weight is 232 g/mol. The summed E-state index contributed by atoms with van der Waals surface area (Å²) in [5.74, 6) is 0. The van der Waals surface area contributed by atoms with Crippen molar-refractivity contribution in [3.05, 3.63) is 41.5 Å². The van der Waals surface area contributed by atoms with Crippen LogP contribution in [0.5, 0.6) is 0 Å². The Morgan fingerprint density at radius 1 is 1.35 bits per heavy atom. The van der Waals surface area contributed by atoms with Crippen molar-refractivity contribution >= 4 is 6.08 Å². The molecule has 0 aromatic heterocycles. The molecule has 1 heterocycles. The highest BCUT2D eigenvalue weighted by Crippen LogP contribution is 2.37. The monoisotopic (exact) mass is 232 g/mol. The summed E-state index contributed by atoms with van der Waals surface area (Å²) in [6.45, 7) is 0.994. The Labute approximate surface area is 100 Å². The van der Waals surface area contributed by atoms with E-state index >= 15 is 0 Å². The van der Waals surface area contributed by atoms with Gasteiger partial charge in [0.15, 0.2) is 5.72 Å². The quantitative estimate of drug-likeness (QED) is 0.657. The van der Waals surface area contributed by atoms with Crippen LogP contribution >= 0.6 is 0 Å². The molecule has 3 N–H and O–H groups in total. The first kappa shape index (κ1) is 10.9. The summed E-state index contributed by atoms with van der Waals surface area (Å²) >= 11 is 0. The molecule has 1 saturated heterocycles. The zero-order valence-electron chi connectivity index (χ0n) is 9.50. The highest BCUT2D eigenvalue weighted by molar-refractivity contribution is 5.58. The van der Waals surface area contributed by atoms with E-state index in [1.54, 1.807) is 4.90 Å². The number of hydrogen-bond acceptors (Lipinski definition) is 4. The summed E-state index contributed by atoms with van der Waals surface area (Å²) in [5.41, 5.74) is 0.777. The lowest BCUT2D eigenvalue weighted by molar-refractivity contribution is -0.162. The molecule has 1 aliphatic carbocycles. The van der Waals surface area contributed by atoms with Crippen LogP contribution in [-0.2, 0) is 5.72 Å². The van der Waals surface area contributed by atoms with Crippen molar-refractivity contribution in [2.45, 2.75) is 18.4 Å². The Morgan fingerprint density at radius 3 is 2.94 bits per heavy atom. The first-order chi connectivity index (χ1) is 8.22. The summed E-state index contributed by atoms with van der Waals surface area (Å²) in [4.78, 5) is 1.70. The number of aliphatic hydroxyl groups excluding tert-OH is 1. The van der Waals surface area contributed by atoms with Gasteiger partial charge in [0.25, 0.3) is 0 Å². The third-order valence-corrected chi connectivity index (χ3v) is 3.54. The zero-order chi connectivity index (χ0) is 11.9. The zero-order valence-corrected chi connectivity index (χ0v) is 9.50. The van der Waals surface area contributed by atoms with E-state index in [0.29, 0.717) is 19.6 Å². The number of rotatable bonds is 1. The van der Waals surface area contributed by atoms with Crippen molar-refractivity contribution in [3.63, 3.8) is 0 Å². The van der Waals surface area contributed by atoms with E-state index in [1.807, 2.05) is 36.4 Å². The number of β-amino-alcohol motifs (C(OH)–C–C–N with tert-alkyl or cyclic N) is 1. The van der Waals surface area contributed by atoms with Gasteiger partial charge in [0, 0.05) is 18.5 Å². The molecule has 0 bridgehead atoms. The molecule has 4 nitrogen and oxygen atoms in total. The Morgan fingerprint density at radius 2 is 2.18 bits per heavy atom. The number of aliphatic hydroxyl groups is 2. The number of hydrogen-bond donors (Lipinski definition) is 3. The van der Waals surface area contributed by atoms with Gasteiger partial charge in [-0.05, 0) is 5.56 Å². The fraction of sp³-hybridized carbons (Fsp3) is 0.385. The molecular formula is C13H16N2O2. The van der Waals surface area contributed by atoms with Crippen LogP contribution in [0.1, 0.15) is 17.5 Å². The van der Waals surface area contributed by atoms with Crippen molar-refractivity contribution < 1.29 is 10.2 Å². The molecule has 2 atom stereocenters. The fourth-order valence-electron chi connectivity index (χ4n) is 2.65. The van der Waals surface area contributed by atoms with Crippen LogP contribution in [-0.4, -0.2) is 34.6 Å². The van der Waals surface area contributed by atoms with E-state index < -0.39 is 12.0 Å². The van der Waals surface area contributed by atoms with Crippen molar-refractivity contribution in [1.29, 1.82) is 0 Å². The largest absolute Gasteiger partial charge is 0.377 e. The van der Waals surface area contributed by atoms with Gasteiger partial charge in [-0.2, -0.15) is 0 Å². The second kappa shape index (κ2) is 3.92. The number of nitrogens with zero attached hydrogens (tertiary/aromatic N) is 1. The number of fused-ring (bicyclic) bond motifs is 1. The van der Waals surface area contributed by atoms with Crippen LogP contribution in [0.4, 0.5) is 0 Å². The Bertz CT molecular complexity index is 460. The molecule has 90 valence electrons. The van der Waals surface area contributed by atoms with E-state index in [2.05, 4.69) is 5.32 Å². The lowest BCUT2D eigenvalue weighted by atomic mass is 9.88. The van der Waals surface area contributed by atoms with Crippen LogP contribution < -0.4 is 5.32 Å². The molecule has 17 heavy (non-hydrogen) atoms. The van der Waals surface area contributed by atoms with E-state index in [9.17, 15) is 10.2 Å². The third kappa shape index (κ3) is 1.61. The summed E-state index contributed by atoms with van der Waals surface area (Å²) in [6.07, 6.45) is 3.83. The molecule has 4 heteroatoms. The SMILES string of the molecule is OC1CNCN1C1(O)CC=Cc2ccccc21. The Kier molecular flexibility index (Phi) is 2.52. The van der Waals surface area contributed by atoms with Gasteiger partial charge in [-0.25, -0.2) is 4.90 Å². The lowest BCUT2D eigenvalue weighted by Gasteiger charge is -2.40. The predicted octanol–water partition coefficient (Wildman–Crippen LogP) is 0.430. The van der Waals surface area contributed by atoms with Gasteiger partial charge in [-0.3, -0.25) is 0 Å². The molecule has 1 fully saturated rings. The summed E-state index contributed by atoms with van der Waals surface area (Å²) in [5, 5.41) is 23.8. The van der Waals surface area contributed by atoms with E-state index in [1.165, 1.54) is 0 Å². The van der Waals surface area contributed by atoms with Crippen LogP contribution in [0.2, 0.25) is 0 Å². The van der Waals surface area contributed by atoms with Gasteiger partial charge < -0.3 is 15.5 Å². The lowest BCUT2D eigenvalue weighted by Crippen LogP contribution is -2.50. The van der Waals surface area contributed by atoms with Crippen molar-refractivity contribution in [2.75, 3.05) is 13.2 Å². The maximum atomic E-state index is 10.9. The van der Waals surface area contributed by atoms with E-state index in [-0.39, 0.29) is 0 Å². The van der Waals surface area contributed by atoms with Gasteiger partial charge >= 0.3 is 0 Å². The molecule has 0 spiro atoms. The Hall–Kier alpha value is -1.20. The minimum atomic E-state index is -1.10. The van der Waals surface area contributed by atoms with Gasteiger partial charge in [0.1, 0.15) is 6.23 Å². The Balaban J connectivity index is 2.06. The minimum Gasteiger partial charge on any atom is -0.377 e. The molecule has 0 amide bonds. The van der Waals surface area contributed by atoms with Crippen LogP contribution in [0, 0.1) is 0 Å². The molecule has 2 unspecified atom stereocenters. The summed E-state index contributed by atoms with van der Waals surface area (Å²) in [6, 6.07) is 7.77. The van der Waals surface area contributed by atoms with Gasteiger partial charge in [0.2, 0.25) is 0 Å².